The third kappa shape index (κ3) is 5.63. The van der Waals surface area contributed by atoms with E-state index >= 15 is 0 Å². The van der Waals surface area contributed by atoms with Crippen LogP contribution in [-0.2, 0) is 15.1 Å². The molecule has 0 saturated carbocycles. The fourth-order valence-electron chi connectivity index (χ4n) is 5.54. The van der Waals surface area contributed by atoms with Crippen LogP contribution in [0.15, 0.2) is 36.5 Å². The third-order valence-electron chi connectivity index (χ3n) is 7.93. The molecule has 2 aliphatic heterocycles. The van der Waals surface area contributed by atoms with Crippen molar-refractivity contribution in [3.05, 3.63) is 64.6 Å². The van der Waals surface area contributed by atoms with Gasteiger partial charge in [0.25, 0.3) is 0 Å². The third-order valence-corrected chi connectivity index (χ3v) is 8.22. The highest BCUT2D eigenvalue weighted by molar-refractivity contribution is 6.30. The van der Waals surface area contributed by atoms with Crippen LogP contribution in [0, 0.1) is 17.6 Å². The molecule has 4 N–H and O–H groups in total. The van der Waals surface area contributed by atoms with Gasteiger partial charge in [0.2, 0.25) is 5.91 Å². The minimum absolute atomic E-state index is 0.198. The van der Waals surface area contributed by atoms with E-state index in [2.05, 4.69) is 25.7 Å². The zero-order valence-electron chi connectivity index (χ0n) is 23.3. The number of nitrogens with zero attached hydrogens (tertiary/aromatic N) is 2. The molecule has 2 aliphatic rings. The molecule has 222 valence electrons. The van der Waals surface area contributed by atoms with Gasteiger partial charge in [0.15, 0.2) is 0 Å². The number of methoxy groups -OCH3 is 1. The zero-order chi connectivity index (χ0) is 30.2. The van der Waals surface area contributed by atoms with Gasteiger partial charge in [-0.25, -0.2) is 23.4 Å². The zero-order valence-corrected chi connectivity index (χ0v) is 24.1. The number of anilines is 2. The van der Waals surface area contributed by atoms with Crippen molar-refractivity contribution in [3.8, 4) is 11.3 Å². The number of urea groups is 1. The van der Waals surface area contributed by atoms with Crippen molar-refractivity contribution < 1.29 is 27.9 Å². The second-order valence-electron chi connectivity index (χ2n) is 10.8. The van der Waals surface area contributed by atoms with Crippen LogP contribution in [0.4, 0.5) is 29.7 Å². The Labute approximate surface area is 246 Å². The molecule has 2 aromatic carbocycles. The van der Waals surface area contributed by atoms with Crippen molar-refractivity contribution in [2.45, 2.75) is 51.1 Å². The topological polar surface area (TPSA) is 128 Å². The number of aromatic amines is 1. The van der Waals surface area contributed by atoms with E-state index in [9.17, 15) is 23.2 Å². The van der Waals surface area contributed by atoms with Gasteiger partial charge in [-0.2, -0.15) is 0 Å². The van der Waals surface area contributed by atoms with Crippen molar-refractivity contribution in [2.24, 2.45) is 5.92 Å². The Morgan fingerprint density at radius 2 is 2.00 bits per heavy atom. The lowest BCUT2D eigenvalue weighted by Gasteiger charge is -2.43. The maximum atomic E-state index is 14.9. The number of carbonyl (C=O) groups excluding carboxylic acids is 3. The van der Waals surface area contributed by atoms with Gasteiger partial charge in [-0.1, -0.05) is 24.9 Å². The number of fused-ring (bicyclic) bond motifs is 4. The summed E-state index contributed by atoms with van der Waals surface area (Å²) in [6.45, 7) is 3.60. The quantitative estimate of drug-likeness (QED) is 0.262. The van der Waals surface area contributed by atoms with Gasteiger partial charge in [-0.05, 0) is 56.5 Å². The molecule has 0 radical (unpaired) electrons. The monoisotopic (exact) mass is 600 g/mol. The van der Waals surface area contributed by atoms with E-state index in [1.54, 1.807) is 36.2 Å². The Morgan fingerprint density at radius 1 is 1.21 bits per heavy atom. The van der Waals surface area contributed by atoms with Crippen LogP contribution in [0.1, 0.15) is 57.0 Å². The molecule has 4 amide bonds. The first-order valence-corrected chi connectivity index (χ1v) is 14.0. The molecule has 0 spiro atoms. The number of nitrogens with one attached hydrogen (secondary N) is 4. The predicted octanol–water partition coefficient (Wildman–Crippen LogP) is 6.32. The fraction of sp³-hybridized carbons (Fsp3) is 0.379. The van der Waals surface area contributed by atoms with Crippen molar-refractivity contribution in [1.29, 1.82) is 0 Å². The molecule has 3 heterocycles. The standard InChI is InChI=1S/C29H31ClF2N6O4/c1-15-5-4-6-22(38-12-11-29(2,37-27(38)40)23-19(31)10-9-18(30)24(23)32)25-33-14-21(35-25)17-8-7-16(34-28(41)42-3)13-20(17)36-26(15)39/h7-10,13-15,22H,4-6,11-12H2,1-3H3,(H,33,35)(H,34,41)(H,36,39)(H,37,40)/t15-,22+,29+/m1/s1. The van der Waals surface area contributed by atoms with Crippen LogP contribution < -0.4 is 16.0 Å². The van der Waals surface area contributed by atoms with Crippen molar-refractivity contribution in [1.82, 2.24) is 20.2 Å². The van der Waals surface area contributed by atoms with Crippen molar-refractivity contribution in [2.75, 3.05) is 24.3 Å². The van der Waals surface area contributed by atoms with Gasteiger partial charge in [0.05, 0.1) is 40.7 Å². The van der Waals surface area contributed by atoms with Crippen molar-refractivity contribution in [3.63, 3.8) is 0 Å². The lowest BCUT2D eigenvalue weighted by atomic mass is 9.85. The van der Waals surface area contributed by atoms with Gasteiger partial charge < -0.3 is 25.3 Å². The molecule has 42 heavy (non-hydrogen) atoms. The number of carbonyl (C=O) groups is 3. The van der Waals surface area contributed by atoms with E-state index in [1.807, 2.05) is 6.92 Å². The van der Waals surface area contributed by atoms with Gasteiger partial charge in [0, 0.05) is 29.9 Å². The molecule has 5 rings (SSSR count). The second kappa shape index (κ2) is 11.6. The summed E-state index contributed by atoms with van der Waals surface area (Å²) in [6, 6.07) is 6.26. The largest absolute Gasteiger partial charge is 0.453 e. The normalized spacial score (nSPS) is 22.7. The molecule has 2 bridgehead atoms. The minimum atomic E-state index is -1.31. The summed E-state index contributed by atoms with van der Waals surface area (Å²) in [5, 5.41) is 8.12. The Morgan fingerprint density at radius 3 is 2.74 bits per heavy atom. The van der Waals surface area contributed by atoms with Gasteiger partial charge in [-0.3, -0.25) is 10.1 Å². The predicted molar refractivity (Wildman–Crippen MR) is 153 cm³/mol. The lowest BCUT2D eigenvalue weighted by Crippen LogP contribution is -2.58. The fourth-order valence-corrected chi connectivity index (χ4v) is 5.70. The Hall–Kier alpha value is -4.19. The number of aromatic nitrogens is 2. The highest BCUT2D eigenvalue weighted by Gasteiger charge is 2.42. The van der Waals surface area contributed by atoms with E-state index in [-0.39, 0.29) is 35.4 Å². The molecule has 0 unspecified atom stereocenters. The maximum Gasteiger partial charge on any atom is 0.411 e. The molecular weight excluding hydrogens is 570 g/mol. The number of rotatable bonds is 3. The number of imidazole rings is 1. The molecule has 10 nitrogen and oxygen atoms in total. The molecule has 13 heteroatoms. The average molecular weight is 601 g/mol. The number of H-pyrrole nitrogens is 1. The summed E-state index contributed by atoms with van der Waals surface area (Å²) in [5.41, 5.74) is 0.416. The number of benzene rings is 2. The highest BCUT2D eigenvalue weighted by Crippen LogP contribution is 2.39. The Balaban J connectivity index is 1.47. The van der Waals surface area contributed by atoms with Crippen LogP contribution >= 0.6 is 11.6 Å². The SMILES string of the molecule is COC(=O)Nc1ccc2c(c1)NC(=O)[C@H](C)CCC[C@H](N1CC[C@@](C)(c3c(F)ccc(Cl)c3F)NC1=O)c1nc-2c[nH]1. The first-order chi connectivity index (χ1) is 20.0. The maximum absolute atomic E-state index is 14.9. The minimum Gasteiger partial charge on any atom is -0.453 e. The summed E-state index contributed by atoms with van der Waals surface area (Å²) < 4.78 is 34.3. The summed E-state index contributed by atoms with van der Waals surface area (Å²) >= 11 is 5.93. The van der Waals surface area contributed by atoms with Gasteiger partial charge in [0.1, 0.15) is 17.5 Å². The molecule has 1 aromatic heterocycles. The number of hydrogen-bond acceptors (Lipinski definition) is 5. The van der Waals surface area contributed by atoms with Crippen LogP contribution in [0.2, 0.25) is 5.02 Å². The van der Waals surface area contributed by atoms with Gasteiger partial charge in [-0.15, -0.1) is 0 Å². The van der Waals surface area contributed by atoms with Crippen LogP contribution in [0.3, 0.4) is 0 Å². The Kier molecular flexibility index (Phi) is 8.09. The summed E-state index contributed by atoms with van der Waals surface area (Å²) in [6.07, 6.45) is 2.90. The molecule has 3 atom stereocenters. The highest BCUT2D eigenvalue weighted by atomic mass is 35.5. The summed E-state index contributed by atoms with van der Waals surface area (Å²) in [7, 11) is 1.26. The number of halogens is 3. The van der Waals surface area contributed by atoms with E-state index < -0.39 is 35.3 Å². The lowest BCUT2D eigenvalue weighted by molar-refractivity contribution is -0.119. The van der Waals surface area contributed by atoms with E-state index in [1.165, 1.54) is 7.11 Å². The number of ether oxygens (including phenoxy) is 1. The van der Waals surface area contributed by atoms with Crippen LogP contribution in [0.5, 0.6) is 0 Å². The van der Waals surface area contributed by atoms with E-state index in [0.29, 0.717) is 47.7 Å². The second-order valence-corrected chi connectivity index (χ2v) is 11.2. The van der Waals surface area contributed by atoms with Crippen molar-refractivity contribution >= 4 is 41.0 Å². The molecular formula is C29H31ClF2N6O4. The van der Waals surface area contributed by atoms with Gasteiger partial charge >= 0.3 is 12.1 Å². The van der Waals surface area contributed by atoms with E-state index in [4.69, 9.17) is 16.6 Å². The van der Waals surface area contributed by atoms with Crippen LogP contribution in [-0.4, -0.2) is 46.6 Å². The summed E-state index contributed by atoms with van der Waals surface area (Å²) in [4.78, 5) is 47.9. The average Bonchev–Trinajstić information content (AvgIpc) is 3.43. The molecule has 3 aromatic rings. The number of hydrogen-bond donors (Lipinski definition) is 4. The Bertz CT molecular complexity index is 1550. The summed E-state index contributed by atoms with van der Waals surface area (Å²) in [5.74, 6) is -1.69. The first kappa shape index (κ1) is 29.3. The van der Waals surface area contributed by atoms with Crippen LogP contribution in [0.25, 0.3) is 11.3 Å². The number of amides is 4. The smallest absolute Gasteiger partial charge is 0.411 e. The molecule has 1 saturated heterocycles. The molecule has 0 aliphatic carbocycles. The van der Waals surface area contributed by atoms with E-state index in [0.717, 1.165) is 12.1 Å². The molecule has 1 fully saturated rings. The first-order valence-electron chi connectivity index (χ1n) is 13.6.